The van der Waals surface area contributed by atoms with E-state index in [-0.39, 0.29) is 5.60 Å². The van der Waals surface area contributed by atoms with Gasteiger partial charge in [0.2, 0.25) is 0 Å². The lowest BCUT2D eigenvalue weighted by molar-refractivity contribution is -0.136. The van der Waals surface area contributed by atoms with E-state index in [4.69, 9.17) is 4.74 Å². The van der Waals surface area contributed by atoms with Crippen LogP contribution in [0.4, 0.5) is 5.82 Å². The predicted molar refractivity (Wildman–Crippen MR) is 86.0 cm³/mol. The van der Waals surface area contributed by atoms with Crippen LogP contribution < -0.4 is 10.2 Å². The van der Waals surface area contributed by atoms with Crippen molar-refractivity contribution in [3.05, 3.63) is 18.3 Å². The van der Waals surface area contributed by atoms with Crippen LogP contribution >= 0.6 is 0 Å². The van der Waals surface area contributed by atoms with Gasteiger partial charge in [0.15, 0.2) is 5.82 Å². The summed E-state index contributed by atoms with van der Waals surface area (Å²) in [6.07, 6.45) is 10.5. The Morgan fingerprint density at radius 3 is 2.95 bits per heavy atom. The molecule has 1 spiro atoms. The Bertz CT molecular complexity index is 491. The van der Waals surface area contributed by atoms with E-state index < -0.39 is 0 Å². The number of rotatable bonds is 3. The van der Waals surface area contributed by atoms with Gasteiger partial charge in [-0.15, -0.1) is 5.10 Å². The zero-order valence-corrected chi connectivity index (χ0v) is 13.2. The molecule has 2 aliphatic heterocycles. The number of hydrogen-bond donors (Lipinski definition) is 1. The number of hydrogen-bond acceptors (Lipinski definition) is 5. The Morgan fingerprint density at radius 2 is 2.18 bits per heavy atom. The molecule has 3 aliphatic rings. The lowest BCUT2D eigenvalue weighted by Crippen LogP contribution is -2.55. The van der Waals surface area contributed by atoms with Gasteiger partial charge in [-0.3, -0.25) is 0 Å². The summed E-state index contributed by atoms with van der Waals surface area (Å²) in [5, 5.41) is 12.2. The van der Waals surface area contributed by atoms with Crippen LogP contribution in [0.3, 0.4) is 0 Å². The Morgan fingerprint density at radius 1 is 1.23 bits per heavy atom. The van der Waals surface area contributed by atoms with E-state index >= 15 is 0 Å². The maximum absolute atomic E-state index is 6.04. The molecule has 22 heavy (non-hydrogen) atoms. The molecule has 0 unspecified atom stereocenters. The zero-order valence-electron chi connectivity index (χ0n) is 13.2. The van der Waals surface area contributed by atoms with Gasteiger partial charge in [-0.05, 0) is 57.1 Å². The molecule has 4 rings (SSSR count). The molecule has 3 heterocycles. The third kappa shape index (κ3) is 2.97. The van der Waals surface area contributed by atoms with E-state index in [1.54, 1.807) is 6.20 Å². The highest BCUT2D eigenvalue weighted by atomic mass is 16.5. The van der Waals surface area contributed by atoms with Gasteiger partial charge in [-0.25, -0.2) is 0 Å². The minimum atomic E-state index is 0.231. The molecule has 1 aromatic heterocycles. The minimum Gasteiger partial charge on any atom is -0.375 e. The molecule has 5 nitrogen and oxygen atoms in total. The summed E-state index contributed by atoms with van der Waals surface area (Å²) in [6.45, 7) is 3.07. The number of piperidine rings is 1. The van der Waals surface area contributed by atoms with Crippen molar-refractivity contribution in [1.82, 2.24) is 15.5 Å². The molecular weight excluding hydrogens is 276 g/mol. The molecule has 0 bridgehead atoms. The van der Waals surface area contributed by atoms with Gasteiger partial charge in [0.1, 0.15) is 0 Å². The van der Waals surface area contributed by atoms with Crippen molar-refractivity contribution in [3.63, 3.8) is 0 Å². The standard InChI is InChI=1S/C17H26N4O/c1-5-16(20-18-9-1)21-10-2-4-15(13-21)19-14-6-11-22-17(12-14)7-3-8-17/h1,5,9,14-15,19H,2-4,6-8,10-13H2/t14-,15+/m1/s1. The minimum absolute atomic E-state index is 0.231. The van der Waals surface area contributed by atoms with Crippen LogP contribution in [0.5, 0.6) is 0 Å². The van der Waals surface area contributed by atoms with E-state index in [2.05, 4.69) is 26.5 Å². The van der Waals surface area contributed by atoms with Crippen LogP contribution in [0.25, 0.3) is 0 Å². The largest absolute Gasteiger partial charge is 0.375 e. The highest BCUT2D eigenvalue weighted by molar-refractivity contribution is 5.37. The SMILES string of the molecule is c1cnnc(N2CCC[C@H](N[C@@H]3CCOC4(CCC4)C3)C2)c1. The third-order valence-electron chi connectivity index (χ3n) is 5.53. The first-order valence-corrected chi connectivity index (χ1v) is 8.76. The number of ether oxygens (including phenoxy) is 1. The van der Waals surface area contributed by atoms with Crippen LogP contribution in [0.15, 0.2) is 18.3 Å². The number of nitrogens with zero attached hydrogens (tertiary/aromatic N) is 3. The molecule has 1 saturated carbocycles. The smallest absolute Gasteiger partial charge is 0.151 e. The van der Waals surface area contributed by atoms with Crippen molar-refractivity contribution in [1.29, 1.82) is 0 Å². The van der Waals surface area contributed by atoms with Crippen molar-refractivity contribution >= 4 is 5.82 Å². The predicted octanol–water partition coefficient (Wildman–Crippen LogP) is 2.14. The molecule has 1 aromatic rings. The summed E-state index contributed by atoms with van der Waals surface area (Å²) >= 11 is 0. The number of anilines is 1. The molecule has 1 N–H and O–H groups in total. The maximum Gasteiger partial charge on any atom is 0.151 e. The van der Waals surface area contributed by atoms with Gasteiger partial charge in [0.25, 0.3) is 0 Å². The van der Waals surface area contributed by atoms with Gasteiger partial charge >= 0.3 is 0 Å². The van der Waals surface area contributed by atoms with E-state index in [1.807, 2.05) is 6.07 Å². The highest BCUT2D eigenvalue weighted by Gasteiger charge is 2.42. The molecule has 0 radical (unpaired) electrons. The van der Waals surface area contributed by atoms with Crippen LogP contribution in [-0.4, -0.2) is 47.6 Å². The topological polar surface area (TPSA) is 50.3 Å². The van der Waals surface area contributed by atoms with Gasteiger partial charge in [0.05, 0.1) is 5.60 Å². The number of aromatic nitrogens is 2. The second-order valence-corrected chi connectivity index (χ2v) is 7.11. The normalized spacial score (nSPS) is 31.0. The van der Waals surface area contributed by atoms with Gasteiger partial charge in [-0.2, -0.15) is 5.10 Å². The molecule has 0 amide bonds. The molecule has 120 valence electrons. The quantitative estimate of drug-likeness (QED) is 0.927. The van der Waals surface area contributed by atoms with Gasteiger partial charge < -0.3 is 15.0 Å². The molecule has 0 aromatic carbocycles. The Kier molecular flexibility index (Phi) is 4.01. The monoisotopic (exact) mass is 302 g/mol. The third-order valence-corrected chi connectivity index (χ3v) is 5.53. The first kappa shape index (κ1) is 14.4. The fourth-order valence-electron chi connectivity index (χ4n) is 4.21. The van der Waals surface area contributed by atoms with Crippen molar-refractivity contribution in [3.8, 4) is 0 Å². The fraction of sp³-hybridized carbons (Fsp3) is 0.765. The second-order valence-electron chi connectivity index (χ2n) is 7.11. The Labute approximate surface area is 132 Å². The van der Waals surface area contributed by atoms with Crippen molar-refractivity contribution in [2.45, 2.75) is 62.6 Å². The van der Waals surface area contributed by atoms with Crippen molar-refractivity contribution < 1.29 is 4.74 Å². The summed E-state index contributed by atoms with van der Waals surface area (Å²) < 4.78 is 6.04. The Hall–Kier alpha value is -1.20. The van der Waals surface area contributed by atoms with Crippen LogP contribution in [0, 0.1) is 0 Å². The fourth-order valence-corrected chi connectivity index (χ4v) is 4.21. The average Bonchev–Trinajstić information content (AvgIpc) is 2.55. The lowest BCUT2D eigenvalue weighted by Gasteiger charge is -2.48. The van der Waals surface area contributed by atoms with E-state index in [1.165, 1.54) is 38.5 Å². The Balaban J connectivity index is 1.34. The van der Waals surface area contributed by atoms with E-state index in [9.17, 15) is 0 Å². The van der Waals surface area contributed by atoms with Crippen LogP contribution in [0.2, 0.25) is 0 Å². The maximum atomic E-state index is 6.04. The summed E-state index contributed by atoms with van der Waals surface area (Å²) in [5.41, 5.74) is 0.231. The molecule has 3 fully saturated rings. The molecule has 1 aliphatic carbocycles. The van der Waals surface area contributed by atoms with Crippen molar-refractivity contribution in [2.24, 2.45) is 0 Å². The zero-order chi connectivity index (χ0) is 14.8. The van der Waals surface area contributed by atoms with E-state index in [0.29, 0.717) is 12.1 Å². The lowest BCUT2D eigenvalue weighted by atomic mass is 9.74. The summed E-state index contributed by atoms with van der Waals surface area (Å²) in [4.78, 5) is 2.37. The molecular formula is C17H26N4O. The summed E-state index contributed by atoms with van der Waals surface area (Å²) in [7, 11) is 0. The van der Waals surface area contributed by atoms with Gasteiger partial charge in [0, 0.05) is 38.0 Å². The first-order chi connectivity index (χ1) is 10.8. The number of nitrogens with one attached hydrogen (secondary N) is 1. The van der Waals surface area contributed by atoms with Crippen LogP contribution in [0.1, 0.15) is 44.9 Å². The summed E-state index contributed by atoms with van der Waals surface area (Å²) in [5.74, 6) is 1.01. The highest BCUT2D eigenvalue weighted by Crippen LogP contribution is 2.42. The van der Waals surface area contributed by atoms with Gasteiger partial charge in [-0.1, -0.05) is 0 Å². The van der Waals surface area contributed by atoms with E-state index in [0.717, 1.165) is 31.9 Å². The second kappa shape index (κ2) is 6.13. The summed E-state index contributed by atoms with van der Waals surface area (Å²) in [6, 6.07) is 5.22. The molecule has 5 heteroatoms. The molecule has 2 saturated heterocycles. The van der Waals surface area contributed by atoms with Crippen molar-refractivity contribution in [2.75, 3.05) is 24.6 Å². The van der Waals surface area contributed by atoms with Crippen LogP contribution in [-0.2, 0) is 4.74 Å². The first-order valence-electron chi connectivity index (χ1n) is 8.76. The molecule has 2 atom stereocenters. The average molecular weight is 302 g/mol.